The van der Waals surface area contributed by atoms with Gasteiger partial charge in [0.05, 0.1) is 25.3 Å². The van der Waals surface area contributed by atoms with Gasteiger partial charge in [0, 0.05) is 106 Å². The lowest BCUT2D eigenvalue weighted by molar-refractivity contribution is 0.0235. The Labute approximate surface area is 527 Å². The van der Waals surface area contributed by atoms with E-state index in [0.29, 0.717) is 117 Å². The van der Waals surface area contributed by atoms with E-state index in [0.717, 1.165) is 103 Å². The molecule has 15 heteroatoms. The van der Waals surface area contributed by atoms with Gasteiger partial charge in [-0.25, -0.2) is 0 Å². The minimum atomic E-state index is -0.748. The van der Waals surface area contributed by atoms with E-state index >= 15 is 0 Å². The number of amides is 8. The quantitative estimate of drug-likeness (QED) is 0.0218. The summed E-state index contributed by atoms with van der Waals surface area (Å²) in [5.41, 5.74) is 3.25. The Kier molecular flexibility index (Phi) is 15.7. The summed E-state index contributed by atoms with van der Waals surface area (Å²) in [5, 5.41) is 11.7. The minimum absolute atomic E-state index is 0.0793. The molecule has 91 heavy (non-hydrogen) atoms. The molecule has 0 saturated heterocycles. The number of nitrogens with zero attached hydrogens (tertiary/aromatic N) is 4. The zero-order valence-electron chi connectivity index (χ0n) is 52.6. The monoisotopic (exact) mass is 1220 g/mol. The maximum atomic E-state index is 14.7. The number of imide groups is 4. The molecule has 0 N–H and O–H groups in total. The molecular weight excluding hydrogens is 1140 g/mol. The third-order valence-corrected chi connectivity index (χ3v) is 20.2. The zero-order chi connectivity index (χ0) is 63.3. The van der Waals surface area contributed by atoms with Crippen LogP contribution in [-0.4, -0.2) is 132 Å². The number of hydrogen-bond acceptors (Lipinski definition) is 11. The van der Waals surface area contributed by atoms with Gasteiger partial charge >= 0.3 is 0 Å². The van der Waals surface area contributed by atoms with Crippen molar-refractivity contribution in [1.29, 1.82) is 0 Å². The Morgan fingerprint density at radius 2 is 0.560 bits per heavy atom. The topological polar surface area (TPSA) is 177 Å². The van der Waals surface area contributed by atoms with Crippen molar-refractivity contribution in [1.82, 2.24) is 19.6 Å². The van der Waals surface area contributed by atoms with Crippen LogP contribution in [0.2, 0.25) is 0 Å². The summed E-state index contributed by atoms with van der Waals surface area (Å²) in [7, 11) is 0. The molecule has 8 amide bonds. The Morgan fingerprint density at radius 3 is 0.802 bits per heavy atom. The normalized spacial score (nSPS) is 16.4. The van der Waals surface area contributed by atoms with Gasteiger partial charge in [0.2, 0.25) is 0 Å². The maximum Gasteiger partial charge on any atom is 0.261 e. The van der Waals surface area contributed by atoms with Gasteiger partial charge in [-0.15, -0.1) is 0 Å². The number of benzene rings is 10. The van der Waals surface area contributed by atoms with Crippen LogP contribution >= 0.6 is 0 Å². The number of rotatable bonds is 26. The van der Waals surface area contributed by atoms with Gasteiger partial charge in [-0.1, -0.05) is 115 Å². The van der Waals surface area contributed by atoms with Gasteiger partial charge in [-0.2, -0.15) is 0 Å². The molecule has 0 aliphatic carbocycles. The maximum absolute atomic E-state index is 14.7. The third kappa shape index (κ3) is 9.38. The van der Waals surface area contributed by atoms with Crippen molar-refractivity contribution in [3.63, 3.8) is 0 Å². The highest BCUT2D eigenvalue weighted by molar-refractivity contribution is 6.43. The first-order valence-electron chi connectivity index (χ1n) is 32.8. The molecule has 14 rings (SSSR count). The molecule has 4 heterocycles. The number of ether oxygens (including phenoxy) is 3. The summed E-state index contributed by atoms with van der Waals surface area (Å²) in [4.78, 5) is 121. The van der Waals surface area contributed by atoms with E-state index in [4.69, 9.17) is 14.2 Å². The van der Waals surface area contributed by atoms with Gasteiger partial charge in [0.1, 0.15) is 0 Å². The molecule has 4 aliphatic rings. The van der Waals surface area contributed by atoms with E-state index in [2.05, 4.69) is 27.7 Å². The third-order valence-electron chi connectivity index (χ3n) is 20.2. The predicted octanol–water partition coefficient (Wildman–Crippen LogP) is 14.9. The number of carbonyl (C=O) groups is 8. The Morgan fingerprint density at radius 1 is 0.308 bits per heavy atom. The fourth-order valence-electron chi connectivity index (χ4n) is 15.4. The molecule has 464 valence electrons. The summed E-state index contributed by atoms with van der Waals surface area (Å²) >= 11 is 0. The highest BCUT2D eigenvalue weighted by Gasteiger charge is 2.42. The van der Waals surface area contributed by atoms with E-state index in [9.17, 15) is 38.4 Å². The molecule has 0 spiro atoms. The smallest absolute Gasteiger partial charge is 0.261 e. The Balaban J connectivity index is 0.666. The molecule has 0 saturated carbocycles. The summed E-state index contributed by atoms with van der Waals surface area (Å²) in [6.45, 7) is 14.8. The summed E-state index contributed by atoms with van der Waals surface area (Å²) in [5.74, 6) is -2.30. The molecule has 10 aromatic rings. The largest absolute Gasteiger partial charge is 0.381 e. The highest BCUT2D eigenvalue weighted by Crippen LogP contribution is 2.49. The van der Waals surface area contributed by atoms with Gasteiger partial charge in [0.15, 0.2) is 0 Å². The van der Waals surface area contributed by atoms with E-state index in [1.807, 2.05) is 48.5 Å². The molecular formula is C76H74N4O11. The van der Waals surface area contributed by atoms with E-state index in [-0.39, 0.29) is 49.9 Å². The average molecular weight is 1220 g/mol. The molecule has 0 radical (unpaired) electrons. The fourth-order valence-corrected chi connectivity index (χ4v) is 15.4. The number of unbranched alkanes of at least 4 members (excludes halogenated alkanes) is 2. The number of carbonyl (C=O) groups excluding carboxylic acids is 8. The van der Waals surface area contributed by atoms with Crippen LogP contribution in [0.5, 0.6) is 0 Å². The fraction of sp³-hybridized carbons (Fsp3) is 0.368. The molecule has 0 bridgehead atoms. The lowest BCUT2D eigenvalue weighted by atomic mass is 9.82. The molecule has 4 aliphatic heterocycles. The first kappa shape index (κ1) is 59.8. The molecule has 0 fully saturated rings. The van der Waals surface area contributed by atoms with Crippen molar-refractivity contribution in [2.45, 2.75) is 118 Å². The van der Waals surface area contributed by atoms with Crippen LogP contribution in [0.25, 0.3) is 86.2 Å². The summed E-state index contributed by atoms with van der Waals surface area (Å²) < 4.78 is 18.3. The van der Waals surface area contributed by atoms with Crippen LogP contribution < -0.4 is 0 Å². The lowest BCUT2D eigenvalue weighted by Gasteiger charge is -2.34. The van der Waals surface area contributed by atoms with Crippen LogP contribution in [0.15, 0.2) is 97.1 Å². The molecule has 15 nitrogen and oxygen atoms in total. The second-order valence-corrected chi connectivity index (χ2v) is 25.7. The molecule has 0 aromatic heterocycles. The minimum Gasteiger partial charge on any atom is -0.381 e. The molecule has 4 unspecified atom stereocenters. The van der Waals surface area contributed by atoms with Crippen molar-refractivity contribution in [2.75, 3.05) is 52.7 Å². The number of fused-ring (bicyclic) bond motifs is 4. The standard InChI is InChI=1S/C76H74N4O11/c1-7-11-15-43(9-3)39-89-35-13-33-77-69(81)53-25-17-45-49-21-29-57-67-58(30-22-50(63(49)67)46-18-26-54(70(77)82)65(53)61(45)46)74(86)79(73(57)85)41(5)37-91-38-42(6)80-75(87)59-31-23-51-47-19-27-55-66-56(28-20-48(62(47)66)52-24-32-60(76(80)88)68(59)64(51)52)72(84)78(71(55)83)34-14-36-90-40-44(10-4)16-12-8-2/h17-32,41-44H,7-16,33-40H2,1-6H3. The highest BCUT2D eigenvalue weighted by atomic mass is 16.5. The van der Waals surface area contributed by atoms with Crippen molar-refractivity contribution < 1.29 is 52.6 Å². The Hall–Kier alpha value is -8.76. The van der Waals surface area contributed by atoms with E-state index in [1.54, 1.807) is 62.4 Å². The van der Waals surface area contributed by atoms with E-state index < -0.39 is 35.7 Å². The van der Waals surface area contributed by atoms with Crippen molar-refractivity contribution in [3.8, 4) is 0 Å². The first-order chi connectivity index (χ1) is 44.2. The van der Waals surface area contributed by atoms with Crippen molar-refractivity contribution in [3.05, 3.63) is 142 Å². The van der Waals surface area contributed by atoms with Crippen LogP contribution in [0.3, 0.4) is 0 Å². The Bertz CT molecular complexity index is 4200. The first-order valence-corrected chi connectivity index (χ1v) is 32.8. The van der Waals surface area contributed by atoms with Gasteiger partial charge in [0.25, 0.3) is 47.3 Å². The zero-order valence-corrected chi connectivity index (χ0v) is 52.6. The summed E-state index contributed by atoms with van der Waals surface area (Å²) in [6.07, 6.45) is 10.0. The van der Waals surface area contributed by atoms with Crippen LogP contribution in [0.4, 0.5) is 0 Å². The second-order valence-electron chi connectivity index (χ2n) is 25.7. The van der Waals surface area contributed by atoms with Gasteiger partial charge in [-0.05, 0) is 165 Å². The molecule has 10 aromatic carbocycles. The van der Waals surface area contributed by atoms with E-state index in [1.165, 1.54) is 32.4 Å². The molecule has 4 atom stereocenters. The van der Waals surface area contributed by atoms with Gasteiger partial charge < -0.3 is 14.2 Å². The van der Waals surface area contributed by atoms with Crippen LogP contribution in [-0.2, 0) is 14.2 Å². The predicted molar refractivity (Wildman–Crippen MR) is 354 cm³/mol. The van der Waals surface area contributed by atoms with Gasteiger partial charge in [-0.3, -0.25) is 58.0 Å². The SMILES string of the molecule is CCCCC(CC)COCCCN1C(=O)c2ccc3c4ccc5c6c(ccc(c7ccc(c2c37)C1=O)c64)C(=O)N(C(C)COCC(C)N1C(=O)c2ccc3c4ccc6c7c(ccc(c8ccc(c2c38)C1=O)c74)C(=O)N(CCCOCC(CC)CCCC)C6=O)C5=O. The van der Waals surface area contributed by atoms with Crippen LogP contribution in [0, 0.1) is 11.8 Å². The summed E-state index contributed by atoms with van der Waals surface area (Å²) in [6, 6.07) is 27.8. The lowest BCUT2D eigenvalue weighted by Crippen LogP contribution is -2.49. The second kappa shape index (κ2) is 23.8. The van der Waals surface area contributed by atoms with Crippen LogP contribution in [0.1, 0.15) is 189 Å². The van der Waals surface area contributed by atoms with Crippen molar-refractivity contribution >= 4 is 133 Å². The number of hydrogen-bond donors (Lipinski definition) is 0. The average Bonchev–Trinajstić information content (AvgIpc) is 0.701. The van der Waals surface area contributed by atoms with Crippen molar-refractivity contribution in [2.24, 2.45) is 11.8 Å².